The second kappa shape index (κ2) is 9.97. The first kappa shape index (κ1) is 20.0. The zero-order valence-electron chi connectivity index (χ0n) is 16.9. The van der Waals surface area contributed by atoms with Crippen LogP contribution in [0.2, 0.25) is 0 Å². The highest BCUT2D eigenvalue weighted by Gasteiger charge is 2.33. The molecule has 1 heterocycles. The van der Waals surface area contributed by atoms with Gasteiger partial charge in [-0.1, -0.05) is 32.0 Å². The van der Waals surface area contributed by atoms with Gasteiger partial charge in [0.25, 0.3) is 0 Å². The van der Waals surface area contributed by atoms with E-state index in [0.717, 1.165) is 30.2 Å². The Labute approximate surface area is 167 Å². The van der Waals surface area contributed by atoms with E-state index in [1.165, 1.54) is 6.42 Å². The Morgan fingerprint density at radius 1 is 1.18 bits per heavy atom. The van der Waals surface area contributed by atoms with E-state index in [9.17, 15) is 0 Å². The van der Waals surface area contributed by atoms with Gasteiger partial charge in [0.05, 0.1) is 13.2 Å². The maximum Gasteiger partial charge on any atom is 0.224 e. The number of nitrogens with zero attached hydrogens (tertiary/aromatic N) is 2. The van der Waals surface area contributed by atoms with Gasteiger partial charge in [-0.2, -0.15) is 0 Å². The van der Waals surface area contributed by atoms with Crippen molar-refractivity contribution in [2.75, 3.05) is 13.2 Å². The minimum atomic E-state index is 0.484. The fourth-order valence-electron chi connectivity index (χ4n) is 2.79. The monoisotopic (exact) mass is 382 g/mol. The minimum Gasteiger partial charge on any atom is -0.490 e. The predicted molar refractivity (Wildman–Crippen MR) is 112 cm³/mol. The number of pyridine rings is 1. The van der Waals surface area contributed by atoms with E-state index in [4.69, 9.17) is 14.5 Å². The van der Waals surface area contributed by atoms with E-state index >= 15 is 0 Å². The third-order valence-corrected chi connectivity index (χ3v) is 4.55. The third kappa shape index (κ3) is 5.62. The lowest BCUT2D eigenvalue weighted by atomic mass is 10.2. The molecule has 1 saturated carbocycles. The normalized spacial score (nSPS) is 18.5. The molecule has 1 aliphatic carbocycles. The van der Waals surface area contributed by atoms with Gasteiger partial charge in [-0.15, -0.1) is 0 Å². The quantitative estimate of drug-likeness (QED) is 0.504. The SMILES string of the molecule is CCCOc1ccccc1Oc1ncccc1CN=C(NCC)NC1CC1C. The minimum absolute atomic E-state index is 0.484. The lowest BCUT2D eigenvalue weighted by molar-refractivity contribution is 0.300. The molecule has 2 atom stereocenters. The summed E-state index contributed by atoms with van der Waals surface area (Å²) < 4.78 is 11.9. The molecule has 0 aliphatic heterocycles. The number of nitrogens with one attached hydrogen (secondary N) is 2. The molecule has 0 radical (unpaired) electrons. The summed E-state index contributed by atoms with van der Waals surface area (Å²) in [5.41, 5.74) is 0.925. The van der Waals surface area contributed by atoms with Crippen LogP contribution in [0.1, 0.15) is 39.2 Å². The summed E-state index contributed by atoms with van der Waals surface area (Å²) in [7, 11) is 0. The largest absolute Gasteiger partial charge is 0.490 e. The number of rotatable bonds is 9. The van der Waals surface area contributed by atoms with E-state index in [0.29, 0.717) is 36.7 Å². The Balaban J connectivity index is 1.73. The Bertz CT molecular complexity index is 794. The van der Waals surface area contributed by atoms with E-state index in [-0.39, 0.29) is 0 Å². The summed E-state index contributed by atoms with van der Waals surface area (Å²) in [4.78, 5) is 9.13. The fourth-order valence-corrected chi connectivity index (χ4v) is 2.79. The van der Waals surface area contributed by atoms with Gasteiger partial charge in [0.2, 0.25) is 5.88 Å². The number of ether oxygens (including phenoxy) is 2. The molecule has 28 heavy (non-hydrogen) atoms. The van der Waals surface area contributed by atoms with Gasteiger partial charge >= 0.3 is 0 Å². The molecule has 150 valence electrons. The zero-order chi connectivity index (χ0) is 19.8. The molecule has 2 aromatic rings. The van der Waals surface area contributed by atoms with E-state index in [1.807, 2.05) is 36.4 Å². The molecule has 1 fully saturated rings. The molecule has 6 nitrogen and oxygen atoms in total. The average Bonchev–Trinajstić information content (AvgIpc) is 3.41. The van der Waals surface area contributed by atoms with Crippen LogP contribution in [-0.4, -0.2) is 30.1 Å². The predicted octanol–water partition coefficient (Wildman–Crippen LogP) is 4.13. The number of aromatic nitrogens is 1. The Kier molecular flexibility index (Phi) is 7.12. The van der Waals surface area contributed by atoms with Crippen molar-refractivity contribution in [3.05, 3.63) is 48.2 Å². The Hall–Kier alpha value is -2.76. The van der Waals surface area contributed by atoms with Gasteiger partial charge < -0.3 is 20.1 Å². The summed E-state index contributed by atoms with van der Waals surface area (Å²) in [6.45, 7) is 8.35. The van der Waals surface area contributed by atoms with Gasteiger partial charge in [-0.05, 0) is 43.9 Å². The third-order valence-electron chi connectivity index (χ3n) is 4.55. The summed E-state index contributed by atoms with van der Waals surface area (Å²) in [6, 6.07) is 12.1. The van der Waals surface area contributed by atoms with Gasteiger partial charge in [0, 0.05) is 24.3 Å². The first-order valence-electron chi connectivity index (χ1n) is 10.1. The van der Waals surface area contributed by atoms with Crippen molar-refractivity contribution in [3.63, 3.8) is 0 Å². The highest BCUT2D eigenvalue weighted by Crippen LogP contribution is 2.32. The van der Waals surface area contributed by atoms with Crippen LogP contribution in [0.3, 0.4) is 0 Å². The first-order valence-corrected chi connectivity index (χ1v) is 10.1. The van der Waals surface area contributed by atoms with Crippen LogP contribution < -0.4 is 20.1 Å². The summed E-state index contributed by atoms with van der Waals surface area (Å²) in [5, 5.41) is 6.77. The fraction of sp³-hybridized carbons (Fsp3) is 0.455. The Morgan fingerprint density at radius 3 is 2.68 bits per heavy atom. The van der Waals surface area contributed by atoms with Crippen molar-refractivity contribution in [2.45, 2.75) is 46.2 Å². The summed E-state index contributed by atoms with van der Waals surface area (Å²) in [6.07, 6.45) is 3.87. The maximum atomic E-state index is 6.09. The van der Waals surface area contributed by atoms with Crippen LogP contribution in [0.4, 0.5) is 0 Å². The van der Waals surface area contributed by atoms with Crippen LogP contribution in [0, 0.1) is 5.92 Å². The van der Waals surface area contributed by atoms with Crippen molar-refractivity contribution >= 4 is 5.96 Å². The van der Waals surface area contributed by atoms with Crippen molar-refractivity contribution < 1.29 is 9.47 Å². The zero-order valence-corrected chi connectivity index (χ0v) is 16.9. The number of hydrogen-bond donors (Lipinski definition) is 2. The van der Waals surface area contributed by atoms with E-state index < -0.39 is 0 Å². The van der Waals surface area contributed by atoms with Gasteiger partial charge in [0.15, 0.2) is 17.5 Å². The molecule has 0 saturated heterocycles. The number of benzene rings is 1. The van der Waals surface area contributed by atoms with Crippen LogP contribution in [-0.2, 0) is 6.54 Å². The smallest absolute Gasteiger partial charge is 0.224 e. The highest BCUT2D eigenvalue weighted by atomic mass is 16.5. The molecule has 1 aliphatic rings. The van der Waals surface area contributed by atoms with E-state index in [1.54, 1.807) is 6.20 Å². The second-order valence-electron chi connectivity index (χ2n) is 7.02. The molecule has 6 heteroatoms. The van der Waals surface area contributed by atoms with Gasteiger partial charge in [-0.25, -0.2) is 9.98 Å². The number of hydrogen-bond acceptors (Lipinski definition) is 4. The summed E-state index contributed by atoms with van der Waals surface area (Å²) in [5.74, 6) is 3.48. The standard InChI is InChI=1S/C22H30N4O2/c1-4-13-27-19-10-6-7-11-20(19)28-21-17(9-8-12-24-21)15-25-22(23-5-2)26-18-14-16(18)3/h6-12,16,18H,4-5,13-15H2,1-3H3,(H2,23,25,26). The number of guanidine groups is 1. The van der Waals surface area contributed by atoms with Crippen molar-refractivity contribution in [2.24, 2.45) is 10.9 Å². The number of aliphatic imine (C=N–C) groups is 1. The van der Waals surface area contributed by atoms with Crippen LogP contribution >= 0.6 is 0 Å². The second-order valence-corrected chi connectivity index (χ2v) is 7.02. The Morgan fingerprint density at radius 2 is 1.96 bits per heavy atom. The average molecular weight is 383 g/mol. The molecule has 0 bridgehead atoms. The van der Waals surface area contributed by atoms with Crippen molar-refractivity contribution in [3.8, 4) is 17.4 Å². The summed E-state index contributed by atoms with van der Waals surface area (Å²) >= 11 is 0. The molecule has 1 aromatic carbocycles. The molecular weight excluding hydrogens is 352 g/mol. The molecular formula is C22H30N4O2. The van der Waals surface area contributed by atoms with Gasteiger partial charge in [-0.3, -0.25) is 0 Å². The molecule has 1 aromatic heterocycles. The topological polar surface area (TPSA) is 67.8 Å². The van der Waals surface area contributed by atoms with Gasteiger partial charge in [0.1, 0.15) is 0 Å². The van der Waals surface area contributed by atoms with Crippen LogP contribution in [0.15, 0.2) is 47.6 Å². The molecule has 3 rings (SSSR count). The van der Waals surface area contributed by atoms with E-state index in [2.05, 4.69) is 36.4 Å². The molecule has 2 N–H and O–H groups in total. The van der Waals surface area contributed by atoms with Crippen LogP contribution in [0.25, 0.3) is 0 Å². The van der Waals surface area contributed by atoms with Crippen molar-refractivity contribution in [1.29, 1.82) is 0 Å². The maximum absolute atomic E-state index is 6.09. The lowest BCUT2D eigenvalue weighted by Gasteiger charge is -2.14. The molecule has 0 spiro atoms. The first-order chi connectivity index (χ1) is 13.7. The molecule has 2 unspecified atom stereocenters. The highest BCUT2D eigenvalue weighted by molar-refractivity contribution is 5.80. The number of para-hydroxylation sites is 2. The van der Waals surface area contributed by atoms with Crippen molar-refractivity contribution in [1.82, 2.24) is 15.6 Å². The molecule has 0 amide bonds. The van der Waals surface area contributed by atoms with Crippen LogP contribution in [0.5, 0.6) is 17.4 Å². The lowest BCUT2D eigenvalue weighted by Crippen LogP contribution is -2.39.